The van der Waals surface area contributed by atoms with Crippen LogP contribution in [0, 0.1) is 0 Å². The Kier molecular flexibility index (Phi) is 6.93. The predicted octanol–water partition coefficient (Wildman–Crippen LogP) is 3.48. The van der Waals surface area contributed by atoms with Gasteiger partial charge in [0, 0.05) is 45.8 Å². The van der Waals surface area contributed by atoms with Crippen molar-refractivity contribution in [3.05, 3.63) is 102 Å². The Balaban J connectivity index is 1.51. The van der Waals surface area contributed by atoms with Gasteiger partial charge in [0.05, 0.1) is 10.9 Å². The molecule has 1 heterocycles. The van der Waals surface area contributed by atoms with Gasteiger partial charge in [-0.1, -0.05) is 66.7 Å². The number of piperazine rings is 1. The summed E-state index contributed by atoms with van der Waals surface area (Å²) in [5.74, 6) is -0.138. The normalized spacial score (nSPS) is 15.2. The monoisotopic (exact) mass is 463 g/mol. The van der Waals surface area contributed by atoms with Gasteiger partial charge in [0.2, 0.25) is 10.0 Å². The van der Waals surface area contributed by atoms with Gasteiger partial charge in [-0.15, -0.1) is 0 Å². The number of nitrogens with zero attached hydrogens (tertiary/aromatic N) is 3. The van der Waals surface area contributed by atoms with E-state index in [1.165, 1.54) is 37.4 Å². The zero-order chi connectivity index (χ0) is 23.4. The van der Waals surface area contributed by atoms with Crippen molar-refractivity contribution in [2.45, 2.75) is 10.9 Å². The molecule has 33 heavy (non-hydrogen) atoms. The standard InChI is InChI=1S/C26H29N3O3S/c1-27(2)33(31,32)24-15-9-14-23(20-24)26(30)29-18-16-28(17-19-29)25(21-10-5-3-6-11-21)22-12-7-4-8-13-22/h3-15,20,25H,16-19H2,1-2H3. The topological polar surface area (TPSA) is 60.9 Å². The van der Waals surface area contributed by atoms with Crippen molar-refractivity contribution in [2.24, 2.45) is 0 Å². The van der Waals surface area contributed by atoms with Crippen molar-refractivity contribution in [1.29, 1.82) is 0 Å². The average Bonchev–Trinajstić information content (AvgIpc) is 2.85. The van der Waals surface area contributed by atoms with Gasteiger partial charge in [-0.25, -0.2) is 12.7 Å². The number of carbonyl (C=O) groups excluding carboxylic acids is 1. The van der Waals surface area contributed by atoms with Gasteiger partial charge in [-0.05, 0) is 29.3 Å². The summed E-state index contributed by atoms with van der Waals surface area (Å²) in [5, 5.41) is 0. The largest absolute Gasteiger partial charge is 0.336 e. The van der Waals surface area contributed by atoms with E-state index >= 15 is 0 Å². The van der Waals surface area contributed by atoms with E-state index in [0.29, 0.717) is 18.7 Å². The van der Waals surface area contributed by atoms with Crippen LogP contribution in [-0.4, -0.2) is 68.7 Å². The van der Waals surface area contributed by atoms with Gasteiger partial charge in [0.15, 0.2) is 0 Å². The lowest BCUT2D eigenvalue weighted by Crippen LogP contribution is -2.49. The minimum absolute atomic E-state index is 0.123. The average molecular weight is 464 g/mol. The number of carbonyl (C=O) groups is 1. The summed E-state index contributed by atoms with van der Waals surface area (Å²) < 4.78 is 26.1. The van der Waals surface area contributed by atoms with E-state index in [1.807, 2.05) is 17.0 Å². The van der Waals surface area contributed by atoms with E-state index in [4.69, 9.17) is 0 Å². The fraction of sp³-hybridized carbons (Fsp3) is 0.269. The van der Waals surface area contributed by atoms with E-state index in [1.54, 1.807) is 12.1 Å². The predicted molar refractivity (Wildman–Crippen MR) is 130 cm³/mol. The Labute approximate surface area is 196 Å². The zero-order valence-corrected chi connectivity index (χ0v) is 19.8. The van der Waals surface area contributed by atoms with E-state index in [-0.39, 0.29) is 16.8 Å². The van der Waals surface area contributed by atoms with Crippen LogP contribution >= 0.6 is 0 Å². The molecule has 0 spiro atoms. The van der Waals surface area contributed by atoms with Crippen LogP contribution in [0.1, 0.15) is 27.5 Å². The number of hydrogen-bond acceptors (Lipinski definition) is 4. The van der Waals surface area contributed by atoms with Crippen LogP contribution in [0.3, 0.4) is 0 Å². The molecule has 6 nitrogen and oxygen atoms in total. The molecule has 0 unspecified atom stereocenters. The van der Waals surface area contributed by atoms with Gasteiger partial charge >= 0.3 is 0 Å². The highest BCUT2D eigenvalue weighted by Gasteiger charge is 2.29. The third-order valence-electron chi connectivity index (χ3n) is 6.06. The molecule has 0 aliphatic carbocycles. The van der Waals surface area contributed by atoms with Crippen molar-refractivity contribution in [3.63, 3.8) is 0 Å². The van der Waals surface area contributed by atoms with Gasteiger partial charge in [0.25, 0.3) is 5.91 Å². The van der Waals surface area contributed by atoms with Crippen molar-refractivity contribution in [3.8, 4) is 0 Å². The fourth-order valence-electron chi connectivity index (χ4n) is 4.25. The van der Waals surface area contributed by atoms with Crippen LogP contribution in [-0.2, 0) is 10.0 Å². The highest BCUT2D eigenvalue weighted by atomic mass is 32.2. The summed E-state index contributed by atoms with van der Waals surface area (Å²) in [5.41, 5.74) is 2.85. The Morgan fingerprint density at radius 3 is 1.85 bits per heavy atom. The van der Waals surface area contributed by atoms with Crippen LogP contribution in [0.5, 0.6) is 0 Å². The van der Waals surface area contributed by atoms with E-state index < -0.39 is 10.0 Å². The SMILES string of the molecule is CN(C)S(=O)(=O)c1cccc(C(=O)N2CCN(C(c3ccccc3)c3ccccc3)CC2)c1. The van der Waals surface area contributed by atoms with Crippen LogP contribution < -0.4 is 0 Å². The number of sulfonamides is 1. The number of amides is 1. The summed E-state index contributed by atoms with van der Waals surface area (Å²) >= 11 is 0. The molecule has 1 saturated heterocycles. The summed E-state index contributed by atoms with van der Waals surface area (Å²) in [7, 11) is -0.620. The Morgan fingerprint density at radius 1 is 0.788 bits per heavy atom. The van der Waals surface area contributed by atoms with Crippen LogP contribution in [0.2, 0.25) is 0 Å². The summed E-state index contributed by atoms with van der Waals surface area (Å²) in [6.07, 6.45) is 0. The molecule has 0 N–H and O–H groups in total. The van der Waals surface area contributed by atoms with E-state index in [2.05, 4.69) is 53.4 Å². The zero-order valence-electron chi connectivity index (χ0n) is 19.0. The maximum Gasteiger partial charge on any atom is 0.253 e. The molecule has 0 bridgehead atoms. The summed E-state index contributed by atoms with van der Waals surface area (Å²) in [6.45, 7) is 2.63. The molecule has 0 radical (unpaired) electrons. The smallest absolute Gasteiger partial charge is 0.253 e. The summed E-state index contributed by atoms with van der Waals surface area (Å²) in [4.78, 5) is 17.5. The Morgan fingerprint density at radius 2 is 1.33 bits per heavy atom. The van der Waals surface area contributed by atoms with Crippen LogP contribution in [0.15, 0.2) is 89.8 Å². The third kappa shape index (κ3) is 5.00. The molecular weight excluding hydrogens is 434 g/mol. The second-order valence-corrected chi connectivity index (χ2v) is 10.5. The van der Waals surface area contributed by atoms with Gasteiger partial charge < -0.3 is 4.90 Å². The molecular formula is C26H29N3O3S. The van der Waals surface area contributed by atoms with Crippen molar-refractivity contribution in [1.82, 2.24) is 14.1 Å². The second-order valence-electron chi connectivity index (χ2n) is 8.37. The van der Waals surface area contributed by atoms with Gasteiger partial charge in [-0.3, -0.25) is 9.69 Å². The minimum atomic E-state index is -3.59. The summed E-state index contributed by atoms with van der Waals surface area (Å²) in [6, 6.07) is 27.3. The fourth-order valence-corrected chi connectivity index (χ4v) is 5.20. The lowest BCUT2D eigenvalue weighted by Gasteiger charge is -2.39. The second kappa shape index (κ2) is 9.87. The molecule has 0 aromatic heterocycles. The van der Waals surface area contributed by atoms with E-state index in [0.717, 1.165) is 17.4 Å². The first kappa shape index (κ1) is 23.2. The maximum absolute atomic E-state index is 13.2. The Bertz CT molecular complexity index is 1150. The third-order valence-corrected chi connectivity index (χ3v) is 7.87. The lowest BCUT2D eigenvalue weighted by atomic mass is 9.96. The number of rotatable bonds is 6. The quantitative estimate of drug-likeness (QED) is 0.562. The molecule has 3 aromatic rings. The van der Waals surface area contributed by atoms with E-state index in [9.17, 15) is 13.2 Å². The minimum Gasteiger partial charge on any atom is -0.336 e. The molecule has 1 fully saturated rings. The molecule has 3 aromatic carbocycles. The Hall–Kier alpha value is -3.00. The molecule has 0 saturated carbocycles. The van der Waals surface area contributed by atoms with Crippen LogP contribution in [0.4, 0.5) is 0 Å². The highest BCUT2D eigenvalue weighted by molar-refractivity contribution is 7.89. The number of benzene rings is 3. The molecule has 172 valence electrons. The lowest BCUT2D eigenvalue weighted by molar-refractivity contribution is 0.0597. The number of hydrogen-bond donors (Lipinski definition) is 0. The van der Waals surface area contributed by atoms with Crippen molar-refractivity contribution in [2.75, 3.05) is 40.3 Å². The van der Waals surface area contributed by atoms with Crippen LogP contribution in [0.25, 0.3) is 0 Å². The van der Waals surface area contributed by atoms with Crippen molar-refractivity contribution >= 4 is 15.9 Å². The molecule has 4 rings (SSSR count). The van der Waals surface area contributed by atoms with Gasteiger partial charge in [-0.2, -0.15) is 0 Å². The first-order chi connectivity index (χ1) is 15.9. The molecule has 0 atom stereocenters. The molecule has 1 aliphatic rings. The van der Waals surface area contributed by atoms with Gasteiger partial charge in [0.1, 0.15) is 0 Å². The first-order valence-electron chi connectivity index (χ1n) is 11.0. The first-order valence-corrected chi connectivity index (χ1v) is 12.5. The molecule has 1 aliphatic heterocycles. The highest BCUT2D eigenvalue weighted by Crippen LogP contribution is 2.29. The van der Waals surface area contributed by atoms with Crippen molar-refractivity contribution < 1.29 is 13.2 Å². The molecule has 1 amide bonds. The molecule has 7 heteroatoms. The maximum atomic E-state index is 13.2.